The van der Waals surface area contributed by atoms with Gasteiger partial charge in [0.1, 0.15) is 17.8 Å². The highest BCUT2D eigenvalue weighted by molar-refractivity contribution is 5.97. The largest absolute Gasteiger partial charge is 0.496 e. The summed E-state index contributed by atoms with van der Waals surface area (Å²) in [5.41, 5.74) is 17.7. The molecule has 1 aromatic heterocycles. The van der Waals surface area contributed by atoms with Gasteiger partial charge in [-0.3, -0.25) is 31.3 Å². The molecule has 10 heteroatoms. The molecule has 0 bridgehead atoms. The van der Waals surface area contributed by atoms with Gasteiger partial charge in [0.05, 0.1) is 19.1 Å². The standard InChI is InChI=1S/C20H21N7O3/c1-30-15-10-6-5-9-14(15)20(29)27-26-19-17(21)18(22-12-23-19)25-24-16(28)11-13-7-3-2-4-8-13/h2-10,12H,11,21H2,1H3,(H,24,28)(H,27,29)(H2,22,23,25,26). The molecule has 0 unspecified atom stereocenters. The summed E-state index contributed by atoms with van der Waals surface area (Å²) in [5.74, 6) is 0.0683. The van der Waals surface area contributed by atoms with Crippen LogP contribution in [0.2, 0.25) is 0 Å². The molecule has 0 aliphatic rings. The second-order valence-electron chi connectivity index (χ2n) is 6.10. The SMILES string of the molecule is COc1ccccc1C(=O)NNc1ncnc(NNC(=O)Cc2ccccc2)c1N. The number of benzene rings is 2. The van der Waals surface area contributed by atoms with Gasteiger partial charge in [0, 0.05) is 0 Å². The number of nitrogens with two attached hydrogens (primary N) is 1. The molecule has 2 amide bonds. The minimum absolute atomic E-state index is 0.109. The fourth-order valence-electron chi connectivity index (χ4n) is 2.56. The highest BCUT2D eigenvalue weighted by Crippen LogP contribution is 2.21. The summed E-state index contributed by atoms with van der Waals surface area (Å²) in [4.78, 5) is 32.4. The van der Waals surface area contributed by atoms with Crippen LogP contribution >= 0.6 is 0 Å². The van der Waals surface area contributed by atoms with E-state index in [1.807, 2.05) is 30.3 Å². The van der Waals surface area contributed by atoms with Crippen molar-refractivity contribution >= 4 is 29.1 Å². The highest BCUT2D eigenvalue weighted by Gasteiger charge is 2.13. The third kappa shape index (κ3) is 5.13. The first-order valence-corrected chi connectivity index (χ1v) is 8.97. The number of carbonyl (C=O) groups excluding carboxylic acids is 2. The van der Waals surface area contributed by atoms with Gasteiger partial charge in [-0.25, -0.2) is 9.97 Å². The third-order valence-corrected chi connectivity index (χ3v) is 4.06. The second-order valence-corrected chi connectivity index (χ2v) is 6.10. The summed E-state index contributed by atoms with van der Waals surface area (Å²) in [6, 6.07) is 16.1. The minimum atomic E-state index is -0.434. The average molecular weight is 407 g/mol. The van der Waals surface area contributed by atoms with Crippen LogP contribution in [-0.2, 0) is 11.2 Å². The van der Waals surface area contributed by atoms with Gasteiger partial charge >= 0.3 is 0 Å². The molecule has 3 aromatic rings. The number of amides is 2. The summed E-state index contributed by atoms with van der Waals surface area (Å²) in [6.45, 7) is 0. The molecular weight excluding hydrogens is 386 g/mol. The number of hydrazine groups is 2. The lowest BCUT2D eigenvalue weighted by atomic mass is 10.1. The van der Waals surface area contributed by atoms with Crippen LogP contribution in [0, 0.1) is 0 Å². The van der Waals surface area contributed by atoms with Gasteiger partial charge in [-0.1, -0.05) is 42.5 Å². The van der Waals surface area contributed by atoms with Gasteiger partial charge in [-0.15, -0.1) is 0 Å². The molecule has 6 N–H and O–H groups in total. The Kier molecular flexibility index (Phi) is 6.62. The zero-order valence-corrected chi connectivity index (χ0v) is 16.2. The number of para-hydroxylation sites is 1. The number of hydrogen-bond donors (Lipinski definition) is 5. The normalized spacial score (nSPS) is 10.0. The number of aromatic nitrogens is 2. The van der Waals surface area contributed by atoms with Crippen LogP contribution in [0.1, 0.15) is 15.9 Å². The van der Waals surface area contributed by atoms with Crippen molar-refractivity contribution in [3.8, 4) is 5.75 Å². The molecule has 154 valence electrons. The molecule has 0 fully saturated rings. The second kappa shape index (κ2) is 9.73. The van der Waals surface area contributed by atoms with E-state index >= 15 is 0 Å². The lowest BCUT2D eigenvalue weighted by Crippen LogP contribution is -2.33. The van der Waals surface area contributed by atoms with Crippen LogP contribution in [0.4, 0.5) is 17.3 Å². The maximum Gasteiger partial charge on any atom is 0.273 e. The first-order valence-electron chi connectivity index (χ1n) is 8.97. The maximum atomic E-state index is 12.4. The van der Waals surface area contributed by atoms with Crippen LogP contribution < -0.4 is 32.2 Å². The molecule has 0 aliphatic heterocycles. The fraction of sp³-hybridized carbons (Fsp3) is 0.100. The molecule has 0 radical (unpaired) electrons. The first-order chi connectivity index (χ1) is 14.6. The lowest BCUT2D eigenvalue weighted by Gasteiger charge is -2.14. The van der Waals surface area contributed by atoms with E-state index in [0.29, 0.717) is 11.3 Å². The Morgan fingerprint density at radius 1 is 0.933 bits per heavy atom. The van der Waals surface area contributed by atoms with Crippen LogP contribution in [0.15, 0.2) is 60.9 Å². The molecule has 3 rings (SSSR count). The Hall–Kier alpha value is -4.34. The van der Waals surface area contributed by atoms with Gasteiger partial charge < -0.3 is 10.5 Å². The summed E-state index contributed by atoms with van der Waals surface area (Å²) >= 11 is 0. The Bertz CT molecular complexity index is 1030. The van der Waals surface area contributed by atoms with Gasteiger partial charge in [0.2, 0.25) is 5.91 Å². The molecule has 10 nitrogen and oxygen atoms in total. The number of anilines is 3. The minimum Gasteiger partial charge on any atom is -0.496 e. The molecule has 0 aliphatic carbocycles. The molecule has 0 saturated heterocycles. The van der Waals surface area contributed by atoms with E-state index < -0.39 is 5.91 Å². The van der Waals surface area contributed by atoms with Crippen LogP contribution in [0.5, 0.6) is 5.75 Å². The predicted octanol–water partition coefficient (Wildman–Crippen LogP) is 1.51. The predicted molar refractivity (Wildman–Crippen MR) is 112 cm³/mol. The topological polar surface area (TPSA) is 143 Å². The molecule has 0 saturated carbocycles. The van der Waals surface area contributed by atoms with Crippen molar-refractivity contribution in [2.45, 2.75) is 6.42 Å². The average Bonchev–Trinajstić information content (AvgIpc) is 2.78. The molecule has 0 atom stereocenters. The monoisotopic (exact) mass is 407 g/mol. The van der Waals surface area contributed by atoms with Crippen molar-refractivity contribution in [3.63, 3.8) is 0 Å². The van der Waals surface area contributed by atoms with E-state index in [2.05, 4.69) is 31.7 Å². The highest BCUT2D eigenvalue weighted by atomic mass is 16.5. The summed E-state index contributed by atoms with van der Waals surface area (Å²) in [6.07, 6.45) is 1.43. The molecule has 0 spiro atoms. The van der Waals surface area contributed by atoms with Crippen LogP contribution in [0.25, 0.3) is 0 Å². The molecule has 1 heterocycles. The van der Waals surface area contributed by atoms with Gasteiger partial charge in [-0.2, -0.15) is 0 Å². The van der Waals surface area contributed by atoms with Crippen molar-refractivity contribution in [2.75, 3.05) is 23.7 Å². The number of ether oxygens (including phenoxy) is 1. The summed E-state index contributed by atoms with van der Waals surface area (Å²) < 4.78 is 5.17. The van der Waals surface area contributed by atoms with Crippen molar-refractivity contribution < 1.29 is 14.3 Å². The number of methoxy groups -OCH3 is 1. The van der Waals surface area contributed by atoms with Crippen molar-refractivity contribution in [1.82, 2.24) is 20.8 Å². The number of nitrogen functional groups attached to an aromatic ring is 1. The zero-order chi connectivity index (χ0) is 21.3. The summed E-state index contributed by atoms with van der Waals surface area (Å²) in [7, 11) is 1.48. The van der Waals surface area contributed by atoms with Gasteiger partial charge in [0.15, 0.2) is 11.6 Å². The molecular formula is C20H21N7O3. The van der Waals surface area contributed by atoms with Crippen molar-refractivity contribution in [2.24, 2.45) is 0 Å². The Morgan fingerprint density at radius 2 is 1.57 bits per heavy atom. The Morgan fingerprint density at radius 3 is 2.27 bits per heavy atom. The van der Waals surface area contributed by atoms with Gasteiger partial charge in [-0.05, 0) is 17.7 Å². The molecule has 2 aromatic carbocycles. The van der Waals surface area contributed by atoms with Crippen LogP contribution in [-0.4, -0.2) is 28.9 Å². The fourth-order valence-corrected chi connectivity index (χ4v) is 2.56. The van der Waals surface area contributed by atoms with E-state index in [-0.39, 0.29) is 29.7 Å². The lowest BCUT2D eigenvalue weighted by molar-refractivity contribution is -0.119. The maximum absolute atomic E-state index is 12.4. The quantitative estimate of drug-likeness (QED) is 0.354. The zero-order valence-electron chi connectivity index (χ0n) is 16.2. The van der Waals surface area contributed by atoms with Gasteiger partial charge in [0.25, 0.3) is 5.91 Å². The van der Waals surface area contributed by atoms with Crippen molar-refractivity contribution in [1.29, 1.82) is 0 Å². The van der Waals surface area contributed by atoms with E-state index in [0.717, 1.165) is 5.56 Å². The first kappa shape index (κ1) is 20.4. The third-order valence-electron chi connectivity index (χ3n) is 4.06. The number of nitrogens with one attached hydrogen (secondary N) is 4. The Labute approximate surface area is 172 Å². The number of rotatable bonds is 8. The summed E-state index contributed by atoms with van der Waals surface area (Å²) in [5, 5.41) is 0. The van der Waals surface area contributed by atoms with E-state index in [9.17, 15) is 9.59 Å². The number of hydrogen-bond acceptors (Lipinski definition) is 8. The van der Waals surface area contributed by atoms with E-state index in [1.165, 1.54) is 13.4 Å². The Balaban J connectivity index is 1.59. The van der Waals surface area contributed by atoms with Crippen molar-refractivity contribution in [3.05, 3.63) is 72.1 Å². The number of nitrogens with zero attached hydrogens (tertiary/aromatic N) is 2. The van der Waals surface area contributed by atoms with E-state index in [1.54, 1.807) is 24.3 Å². The number of carbonyl (C=O) groups is 2. The van der Waals surface area contributed by atoms with E-state index in [4.69, 9.17) is 10.5 Å². The smallest absolute Gasteiger partial charge is 0.273 e. The van der Waals surface area contributed by atoms with Crippen LogP contribution in [0.3, 0.4) is 0 Å². The molecule has 30 heavy (non-hydrogen) atoms.